The highest BCUT2D eigenvalue weighted by atomic mass is 16.5. The molecule has 0 saturated heterocycles. The first-order chi connectivity index (χ1) is 14.1. The summed E-state index contributed by atoms with van der Waals surface area (Å²) in [6.45, 7) is 6.42. The molecule has 1 atom stereocenters. The van der Waals surface area contributed by atoms with Crippen molar-refractivity contribution in [2.24, 2.45) is 17.5 Å². The molecule has 1 aromatic carbocycles. The van der Waals surface area contributed by atoms with Gasteiger partial charge in [0.15, 0.2) is 11.8 Å². The lowest BCUT2D eigenvalue weighted by molar-refractivity contribution is 0.131. The second kappa shape index (κ2) is 8.43. The van der Waals surface area contributed by atoms with Crippen LogP contribution in [-0.2, 0) is 13.6 Å². The third kappa shape index (κ3) is 4.23. The van der Waals surface area contributed by atoms with Gasteiger partial charge in [-0.25, -0.2) is 4.99 Å². The van der Waals surface area contributed by atoms with Gasteiger partial charge in [-0.3, -0.25) is 0 Å². The number of hydrogen-bond donors (Lipinski definition) is 2. The highest BCUT2D eigenvalue weighted by Crippen LogP contribution is 2.43. The highest BCUT2D eigenvalue weighted by Gasteiger charge is 2.35. The third-order valence-electron chi connectivity index (χ3n) is 6.63. The predicted molar refractivity (Wildman–Crippen MR) is 114 cm³/mol. The van der Waals surface area contributed by atoms with Gasteiger partial charge in [0.1, 0.15) is 18.1 Å². The number of aliphatic imine (C=N–C) groups is 1. The number of aryl methyl sites for hydroxylation is 1. The second-order valence-corrected chi connectivity index (χ2v) is 8.32. The Morgan fingerprint density at radius 1 is 1.31 bits per heavy atom. The van der Waals surface area contributed by atoms with Crippen molar-refractivity contribution in [2.45, 2.75) is 58.5 Å². The lowest BCUT2D eigenvalue weighted by atomic mass is 9.67. The summed E-state index contributed by atoms with van der Waals surface area (Å²) >= 11 is 0. The van der Waals surface area contributed by atoms with E-state index >= 15 is 0 Å². The summed E-state index contributed by atoms with van der Waals surface area (Å²) in [5.41, 5.74) is 1.61. The van der Waals surface area contributed by atoms with Gasteiger partial charge in [-0.15, -0.1) is 10.2 Å². The van der Waals surface area contributed by atoms with Crippen LogP contribution in [0.5, 0.6) is 5.75 Å². The van der Waals surface area contributed by atoms with Gasteiger partial charge in [-0.05, 0) is 37.7 Å². The molecule has 1 aliphatic heterocycles. The quantitative estimate of drug-likeness (QED) is 0.579. The first-order valence-electron chi connectivity index (χ1n) is 10.7. The maximum Gasteiger partial charge on any atom is 0.192 e. The van der Waals surface area contributed by atoms with E-state index in [1.54, 1.807) is 0 Å². The molecule has 1 aromatic heterocycles. The molecule has 2 N–H and O–H groups in total. The molecule has 29 heavy (non-hydrogen) atoms. The van der Waals surface area contributed by atoms with E-state index in [1.165, 1.54) is 31.2 Å². The van der Waals surface area contributed by atoms with Crippen molar-refractivity contribution < 1.29 is 4.74 Å². The molecule has 156 valence electrons. The summed E-state index contributed by atoms with van der Waals surface area (Å²) < 4.78 is 7.81. The Bertz CT molecular complexity index is 864. The molecule has 1 unspecified atom stereocenters. The Balaban J connectivity index is 1.51. The molecular weight excluding hydrogens is 364 g/mol. The number of nitrogens with one attached hydrogen (secondary N) is 2. The molecule has 0 amide bonds. The second-order valence-electron chi connectivity index (χ2n) is 8.32. The first kappa shape index (κ1) is 19.7. The van der Waals surface area contributed by atoms with Gasteiger partial charge < -0.3 is 19.9 Å². The van der Waals surface area contributed by atoms with E-state index < -0.39 is 0 Å². The number of nitrogens with zero attached hydrogens (tertiary/aromatic N) is 4. The summed E-state index contributed by atoms with van der Waals surface area (Å²) in [4.78, 5) is 4.86. The van der Waals surface area contributed by atoms with Crippen LogP contribution in [0.2, 0.25) is 0 Å². The minimum absolute atomic E-state index is 0.186. The van der Waals surface area contributed by atoms with E-state index in [0.29, 0.717) is 18.6 Å². The number of guanidine groups is 1. The van der Waals surface area contributed by atoms with Crippen LogP contribution in [-0.4, -0.2) is 33.9 Å². The summed E-state index contributed by atoms with van der Waals surface area (Å²) in [7, 11) is 1.98. The predicted octanol–water partition coefficient (Wildman–Crippen LogP) is 3.26. The smallest absolute Gasteiger partial charge is 0.192 e. The average Bonchev–Trinajstić information content (AvgIpc) is 3.03. The van der Waals surface area contributed by atoms with Crippen molar-refractivity contribution in [1.82, 2.24) is 25.4 Å². The van der Waals surface area contributed by atoms with Crippen LogP contribution < -0.4 is 15.4 Å². The lowest BCUT2D eigenvalue weighted by Crippen LogP contribution is -2.47. The van der Waals surface area contributed by atoms with Gasteiger partial charge in [0.25, 0.3) is 0 Å². The molecular formula is C22H32N6O. The number of benzene rings is 1. The van der Waals surface area contributed by atoms with Crippen molar-refractivity contribution in [2.75, 3.05) is 13.2 Å². The van der Waals surface area contributed by atoms with Gasteiger partial charge in [-0.2, -0.15) is 0 Å². The third-order valence-corrected chi connectivity index (χ3v) is 6.63. The van der Waals surface area contributed by atoms with Crippen molar-refractivity contribution >= 4 is 5.96 Å². The maximum atomic E-state index is 5.82. The Morgan fingerprint density at radius 2 is 2.14 bits per heavy atom. The lowest BCUT2D eigenvalue weighted by Gasteiger charge is -2.42. The van der Waals surface area contributed by atoms with Crippen LogP contribution in [0.15, 0.2) is 29.3 Å². The Hall–Kier alpha value is -2.57. The maximum absolute atomic E-state index is 5.82. The van der Waals surface area contributed by atoms with Gasteiger partial charge in [0, 0.05) is 25.6 Å². The van der Waals surface area contributed by atoms with E-state index in [9.17, 15) is 0 Å². The molecule has 1 saturated carbocycles. The Labute approximate surface area is 173 Å². The fourth-order valence-electron chi connectivity index (χ4n) is 4.15. The van der Waals surface area contributed by atoms with Gasteiger partial charge in [0.05, 0.1) is 12.6 Å². The summed E-state index contributed by atoms with van der Waals surface area (Å²) in [5.74, 6) is 3.57. The largest absolute Gasteiger partial charge is 0.493 e. The number of ether oxygens (including phenoxy) is 1. The minimum atomic E-state index is 0.186. The monoisotopic (exact) mass is 396 g/mol. The van der Waals surface area contributed by atoms with Crippen LogP contribution in [0.25, 0.3) is 0 Å². The van der Waals surface area contributed by atoms with Crippen LogP contribution >= 0.6 is 0 Å². The van der Waals surface area contributed by atoms with Crippen LogP contribution in [0, 0.1) is 12.3 Å². The molecule has 0 spiro atoms. The van der Waals surface area contributed by atoms with Gasteiger partial charge in [-0.1, -0.05) is 31.5 Å². The molecule has 2 aromatic rings. The molecule has 2 heterocycles. The molecule has 2 aliphatic rings. The Morgan fingerprint density at radius 3 is 2.83 bits per heavy atom. The molecule has 1 fully saturated rings. The topological polar surface area (TPSA) is 76.4 Å². The van der Waals surface area contributed by atoms with Crippen molar-refractivity contribution in [3.63, 3.8) is 0 Å². The standard InChI is InChI=1S/C22H32N6O/c1-4-22(11-7-12-22)15-24-21(23-14-20-27-26-16(2)28(20)3)25-18-10-13-29-19-9-6-5-8-17(18)19/h5-6,8-9,18H,4,7,10-15H2,1-3H3,(H2,23,24,25). The van der Waals surface area contributed by atoms with Crippen LogP contribution in [0.4, 0.5) is 0 Å². The molecule has 4 rings (SSSR count). The van der Waals surface area contributed by atoms with Gasteiger partial charge >= 0.3 is 0 Å². The summed E-state index contributed by atoms with van der Waals surface area (Å²) in [6, 6.07) is 8.44. The molecule has 7 heteroatoms. The van der Waals surface area contributed by atoms with Crippen LogP contribution in [0.1, 0.15) is 62.3 Å². The van der Waals surface area contributed by atoms with E-state index in [0.717, 1.165) is 36.3 Å². The average molecular weight is 397 g/mol. The van der Waals surface area contributed by atoms with Crippen molar-refractivity contribution in [1.29, 1.82) is 0 Å². The normalized spacial score (nSPS) is 20.4. The van der Waals surface area contributed by atoms with Crippen LogP contribution in [0.3, 0.4) is 0 Å². The summed E-state index contributed by atoms with van der Waals surface area (Å²) in [5, 5.41) is 15.7. The zero-order valence-electron chi connectivity index (χ0n) is 17.7. The van der Waals surface area contributed by atoms with Gasteiger partial charge in [0.2, 0.25) is 0 Å². The molecule has 1 aliphatic carbocycles. The summed E-state index contributed by atoms with van der Waals surface area (Å²) in [6.07, 6.45) is 6.05. The number of hydrogen-bond acceptors (Lipinski definition) is 4. The highest BCUT2D eigenvalue weighted by molar-refractivity contribution is 5.80. The number of fused-ring (bicyclic) bond motifs is 1. The zero-order valence-corrected chi connectivity index (χ0v) is 17.7. The molecule has 7 nitrogen and oxygen atoms in total. The minimum Gasteiger partial charge on any atom is -0.493 e. The van der Waals surface area contributed by atoms with E-state index in [1.807, 2.05) is 30.7 Å². The van der Waals surface area contributed by atoms with Crippen molar-refractivity contribution in [3.8, 4) is 5.75 Å². The molecule has 0 radical (unpaired) electrons. The van der Waals surface area contributed by atoms with E-state index in [2.05, 4.69) is 39.9 Å². The fraction of sp³-hybridized carbons (Fsp3) is 0.591. The Kier molecular flexibility index (Phi) is 5.74. The zero-order chi connectivity index (χ0) is 20.3. The first-order valence-corrected chi connectivity index (χ1v) is 10.7. The van der Waals surface area contributed by atoms with E-state index in [4.69, 9.17) is 9.73 Å². The van der Waals surface area contributed by atoms with E-state index in [-0.39, 0.29) is 6.04 Å². The number of aromatic nitrogens is 3. The number of para-hydroxylation sites is 1. The SMILES string of the molecule is CCC1(CNC(=NCc2nnc(C)n2C)NC2CCOc3ccccc32)CCC1. The van der Waals surface area contributed by atoms with Crippen molar-refractivity contribution in [3.05, 3.63) is 41.5 Å². The fourth-order valence-corrected chi connectivity index (χ4v) is 4.15. The number of rotatable bonds is 6. The molecule has 0 bridgehead atoms.